The number of rotatable bonds is 4. The Balaban J connectivity index is 1.29. The van der Waals surface area contributed by atoms with Gasteiger partial charge < -0.3 is 8.83 Å². The Hall–Kier alpha value is -5.62. The molecule has 0 fully saturated rings. The van der Waals surface area contributed by atoms with Crippen molar-refractivity contribution in [3.8, 4) is 45.6 Å². The van der Waals surface area contributed by atoms with Gasteiger partial charge in [0.2, 0.25) is 5.89 Å². The first-order chi connectivity index (χ1) is 19.8. The van der Waals surface area contributed by atoms with Crippen LogP contribution in [0, 0.1) is 0 Å². The zero-order valence-corrected chi connectivity index (χ0v) is 21.2. The molecule has 6 heteroatoms. The highest BCUT2D eigenvalue weighted by Crippen LogP contribution is 2.33. The minimum atomic E-state index is 0.556. The minimum Gasteiger partial charge on any atom is -0.456 e. The fraction of sp³-hybridized carbons (Fsp3) is 0. The van der Waals surface area contributed by atoms with E-state index in [-0.39, 0.29) is 0 Å². The summed E-state index contributed by atoms with van der Waals surface area (Å²) < 4.78 is 12.2. The standard InChI is InChI=1S/C34H20N4O2/c1-3-9-21(10-4-1)31-36-32(23-16-18-29-26(19-23)25-13-7-8-14-28(25)39-29)38-33(37-31)24-15-17-27-30(20-24)40-34(35-27)22-11-5-2-6-12-22/h1-20H. The molecule has 0 saturated carbocycles. The van der Waals surface area contributed by atoms with Crippen molar-refractivity contribution in [1.82, 2.24) is 19.9 Å². The fourth-order valence-electron chi connectivity index (χ4n) is 4.98. The second kappa shape index (κ2) is 8.99. The van der Waals surface area contributed by atoms with Crippen molar-refractivity contribution in [2.45, 2.75) is 0 Å². The Kier molecular flexibility index (Phi) is 5.03. The third-order valence-electron chi connectivity index (χ3n) is 6.97. The molecular weight excluding hydrogens is 496 g/mol. The Morgan fingerprint density at radius 2 is 0.975 bits per heavy atom. The molecule has 0 spiro atoms. The van der Waals surface area contributed by atoms with Crippen LogP contribution >= 0.6 is 0 Å². The monoisotopic (exact) mass is 516 g/mol. The number of hydrogen-bond acceptors (Lipinski definition) is 6. The second-order valence-electron chi connectivity index (χ2n) is 9.55. The first-order valence-corrected chi connectivity index (χ1v) is 13.0. The van der Waals surface area contributed by atoms with Crippen LogP contribution in [0.4, 0.5) is 0 Å². The van der Waals surface area contributed by atoms with Gasteiger partial charge in [0.25, 0.3) is 0 Å². The molecule has 40 heavy (non-hydrogen) atoms. The molecule has 0 saturated heterocycles. The molecule has 0 atom stereocenters. The van der Waals surface area contributed by atoms with Crippen molar-refractivity contribution in [2.75, 3.05) is 0 Å². The number of oxazole rings is 1. The van der Waals surface area contributed by atoms with Crippen LogP contribution in [-0.2, 0) is 0 Å². The lowest BCUT2D eigenvalue weighted by molar-refractivity contribution is 0.620. The van der Waals surface area contributed by atoms with Gasteiger partial charge in [-0.15, -0.1) is 0 Å². The van der Waals surface area contributed by atoms with E-state index in [1.165, 1.54) is 0 Å². The summed E-state index contributed by atoms with van der Waals surface area (Å²) in [5.74, 6) is 2.31. The average Bonchev–Trinajstić information content (AvgIpc) is 3.62. The number of hydrogen-bond donors (Lipinski definition) is 0. The van der Waals surface area contributed by atoms with E-state index in [4.69, 9.17) is 23.8 Å². The van der Waals surface area contributed by atoms with Crippen LogP contribution in [0.1, 0.15) is 0 Å². The zero-order valence-electron chi connectivity index (χ0n) is 21.2. The normalized spacial score (nSPS) is 11.5. The van der Waals surface area contributed by atoms with Gasteiger partial charge in [-0.2, -0.15) is 0 Å². The summed E-state index contributed by atoms with van der Waals surface area (Å²) in [5.41, 5.74) is 6.67. The van der Waals surface area contributed by atoms with Crippen LogP contribution in [0.15, 0.2) is 130 Å². The number of nitrogens with zero attached hydrogens (tertiary/aromatic N) is 4. The third kappa shape index (κ3) is 3.82. The van der Waals surface area contributed by atoms with Crippen LogP contribution in [0.2, 0.25) is 0 Å². The number of para-hydroxylation sites is 1. The molecule has 188 valence electrons. The predicted molar refractivity (Wildman–Crippen MR) is 156 cm³/mol. The highest BCUT2D eigenvalue weighted by Gasteiger charge is 2.16. The Morgan fingerprint density at radius 1 is 0.375 bits per heavy atom. The quantitative estimate of drug-likeness (QED) is 0.233. The first kappa shape index (κ1) is 22.4. The van der Waals surface area contributed by atoms with Crippen molar-refractivity contribution in [3.05, 3.63) is 121 Å². The smallest absolute Gasteiger partial charge is 0.227 e. The summed E-state index contributed by atoms with van der Waals surface area (Å²) in [6.45, 7) is 0. The highest BCUT2D eigenvalue weighted by molar-refractivity contribution is 6.06. The molecule has 0 aliphatic carbocycles. The largest absolute Gasteiger partial charge is 0.456 e. The number of benzene rings is 5. The van der Waals surface area contributed by atoms with Crippen molar-refractivity contribution in [3.63, 3.8) is 0 Å². The van der Waals surface area contributed by atoms with Gasteiger partial charge in [0, 0.05) is 33.0 Å². The van der Waals surface area contributed by atoms with Crippen molar-refractivity contribution in [1.29, 1.82) is 0 Å². The van der Waals surface area contributed by atoms with E-state index in [1.807, 2.05) is 109 Å². The Bertz CT molecular complexity index is 2170. The Labute approximate surface area is 228 Å². The van der Waals surface area contributed by atoms with Crippen LogP contribution in [0.3, 0.4) is 0 Å². The van der Waals surface area contributed by atoms with Crippen molar-refractivity contribution >= 4 is 33.0 Å². The molecule has 0 N–H and O–H groups in total. The average molecular weight is 517 g/mol. The second-order valence-corrected chi connectivity index (χ2v) is 9.55. The summed E-state index contributed by atoms with van der Waals surface area (Å²) in [5, 5.41) is 2.08. The maximum atomic E-state index is 6.13. The van der Waals surface area contributed by atoms with Gasteiger partial charge in [0.1, 0.15) is 16.7 Å². The number of fused-ring (bicyclic) bond motifs is 4. The fourth-order valence-corrected chi connectivity index (χ4v) is 4.98. The van der Waals surface area contributed by atoms with Crippen molar-refractivity contribution < 1.29 is 8.83 Å². The lowest BCUT2D eigenvalue weighted by Gasteiger charge is -2.08. The van der Waals surface area contributed by atoms with Crippen LogP contribution in [0.25, 0.3) is 78.7 Å². The molecule has 0 bridgehead atoms. The molecule has 0 radical (unpaired) electrons. The van der Waals surface area contributed by atoms with E-state index in [0.29, 0.717) is 28.9 Å². The summed E-state index contributed by atoms with van der Waals surface area (Å²) in [4.78, 5) is 19.4. The summed E-state index contributed by atoms with van der Waals surface area (Å²) in [7, 11) is 0. The van der Waals surface area contributed by atoms with Crippen LogP contribution in [-0.4, -0.2) is 19.9 Å². The molecule has 0 aliphatic heterocycles. The van der Waals surface area contributed by atoms with Crippen molar-refractivity contribution in [2.24, 2.45) is 0 Å². The first-order valence-electron chi connectivity index (χ1n) is 13.0. The van der Waals surface area contributed by atoms with E-state index in [0.717, 1.165) is 49.7 Å². The van der Waals surface area contributed by atoms with Gasteiger partial charge in [0.05, 0.1) is 0 Å². The van der Waals surface area contributed by atoms with Crippen LogP contribution < -0.4 is 0 Å². The molecule has 0 unspecified atom stereocenters. The predicted octanol–water partition coefficient (Wildman–Crippen LogP) is 8.58. The molecule has 8 rings (SSSR count). The van der Waals surface area contributed by atoms with E-state index in [1.54, 1.807) is 0 Å². The molecule has 0 aliphatic rings. The van der Waals surface area contributed by atoms with Gasteiger partial charge >= 0.3 is 0 Å². The zero-order chi connectivity index (χ0) is 26.5. The summed E-state index contributed by atoms with van der Waals surface area (Å²) in [6, 6.07) is 39.8. The third-order valence-corrected chi connectivity index (χ3v) is 6.97. The topological polar surface area (TPSA) is 77.8 Å². The Morgan fingerprint density at radius 3 is 1.75 bits per heavy atom. The van der Waals surface area contributed by atoms with E-state index >= 15 is 0 Å². The molecule has 3 heterocycles. The minimum absolute atomic E-state index is 0.556. The maximum Gasteiger partial charge on any atom is 0.227 e. The van der Waals surface area contributed by atoms with Gasteiger partial charge in [-0.25, -0.2) is 19.9 Å². The molecular formula is C34H20N4O2. The molecule has 5 aromatic carbocycles. The molecule has 8 aromatic rings. The SMILES string of the molecule is c1ccc(-c2nc(-c3ccc4nc(-c5ccccc5)oc4c3)nc(-c3ccc4oc5ccccc5c4c3)n2)cc1. The van der Waals surface area contributed by atoms with Gasteiger partial charge in [-0.3, -0.25) is 0 Å². The number of aromatic nitrogens is 4. The highest BCUT2D eigenvalue weighted by atomic mass is 16.3. The van der Waals surface area contributed by atoms with E-state index in [2.05, 4.69) is 17.1 Å². The number of furan rings is 1. The molecule has 6 nitrogen and oxygen atoms in total. The lowest BCUT2D eigenvalue weighted by Crippen LogP contribution is -2.00. The lowest BCUT2D eigenvalue weighted by atomic mass is 10.1. The van der Waals surface area contributed by atoms with Crippen LogP contribution in [0.5, 0.6) is 0 Å². The van der Waals surface area contributed by atoms with Gasteiger partial charge in [-0.05, 0) is 54.6 Å². The van der Waals surface area contributed by atoms with E-state index in [9.17, 15) is 0 Å². The van der Waals surface area contributed by atoms with E-state index < -0.39 is 0 Å². The molecule has 3 aromatic heterocycles. The summed E-state index contributed by atoms with van der Waals surface area (Å²) >= 11 is 0. The maximum absolute atomic E-state index is 6.13. The van der Waals surface area contributed by atoms with Gasteiger partial charge in [0.15, 0.2) is 23.1 Å². The summed E-state index contributed by atoms with van der Waals surface area (Å²) in [6.07, 6.45) is 0. The van der Waals surface area contributed by atoms with Gasteiger partial charge in [-0.1, -0.05) is 66.7 Å². The molecule has 0 amide bonds.